The smallest absolute Gasteiger partial charge is 0.139 e. The number of piperazine rings is 1. The summed E-state index contributed by atoms with van der Waals surface area (Å²) < 4.78 is 0. The van der Waals surface area contributed by atoms with Crippen LogP contribution < -0.4 is 4.90 Å². The fourth-order valence-corrected chi connectivity index (χ4v) is 3.90. The third kappa shape index (κ3) is 4.21. The van der Waals surface area contributed by atoms with E-state index >= 15 is 0 Å². The number of aromatic amines is 1. The second-order valence-corrected chi connectivity index (χ2v) is 8.11. The number of hydrogen-bond donors (Lipinski definition) is 1. The van der Waals surface area contributed by atoms with E-state index < -0.39 is 0 Å². The molecule has 3 heterocycles. The van der Waals surface area contributed by atoms with Crippen LogP contribution in [0.4, 0.5) is 5.82 Å². The summed E-state index contributed by atoms with van der Waals surface area (Å²) in [6.07, 6.45) is 3.78. The number of H-pyrrole nitrogens is 1. The van der Waals surface area contributed by atoms with Crippen LogP contribution in [0.2, 0.25) is 5.02 Å². The van der Waals surface area contributed by atoms with Crippen molar-refractivity contribution in [1.82, 2.24) is 19.9 Å². The number of anilines is 1. The summed E-state index contributed by atoms with van der Waals surface area (Å²) in [5.74, 6) is 2.55. The van der Waals surface area contributed by atoms with E-state index in [0.717, 1.165) is 54.6 Å². The molecule has 3 aromatic rings. The van der Waals surface area contributed by atoms with Gasteiger partial charge in [-0.25, -0.2) is 9.97 Å². The van der Waals surface area contributed by atoms with Gasteiger partial charge in [-0.2, -0.15) is 0 Å². The van der Waals surface area contributed by atoms with Crippen molar-refractivity contribution in [1.29, 1.82) is 0 Å². The molecule has 1 aliphatic rings. The molecule has 0 amide bonds. The van der Waals surface area contributed by atoms with E-state index in [9.17, 15) is 0 Å². The number of rotatable bonds is 5. The molecule has 0 saturated carbocycles. The van der Waals surface area contributed by atoms with Crippen molar-refractivity contribution in [2.45, 2.75) is 13.8 Å². The Labute approximate surface area is 171 Å². The predicted octanol–water partition coefficient (Wildman–Crippen LogP) is 4.57. The first kappa shape index (κ1) is 19.0. The molecule has 0 atom stereocenters. The van der Waals surface area contributed by atoms with Gasteiger partial charge in [0.1, 0.15) is 11.6 Å². The Morgan fingerprint density at radius 2 is 1.86 bits per heavy atom. The van der Waals surface area contributed by atoms with Gasteiger partial charge < -0.3 is 9.88 Å². The number of imidazole rings is 1. The fourth-order valence-electron chi connectivity index (χ4n) is 3.67. The van der Waals surface area contributed by atoms with Crippen molar-refractivity contribution in [2.24, 2.45) is 5.92 Å². The molecule has 4 rings (SSSR count). The lowest BCUT2D eigenvalue weighted by Gasteiger charge is -2.36. The topological polar surface area (TPSA) is 48.0 Å². The highest BCUT2D eigenvalue weighted by Gasteiger charge is 2.18. The Balaban J connectivity index is 1.44. The maximum atomic E-state index is 6.28. The molecule has 146 valence electrons. The van der Waals surface area contributed by atoms with E-state index in [-0.39, 0.29) is 0 Å². The molecule has 2 aromatic heterocycles. The van der Waals surface area contributed by atoms with Gasteiger partial charge in [0.15, 0.2) is 0 Å². The van der Waals surface area contributed by atoms with Gasteiger partial charge in [-0.1, -0.05) is 43.6 Å². The average Bonchev–Trinajstić information content (AvgIpc) is 3.19. The van der Waals surface area contributed by atoms with Crippen LogP contribution in [-0.2, 0) is 0 Å². The highest BCUT2D eigenvalue weighted by atomic mass is 35.5. The van der Waals surface area contributed by atoms with Crippen LogP contribution in [0.3, 0.4) is 0 Å². The molecule has 1 saturated heterocycles. The summed E-state index contributed by atoms with van der Waals surface area (Å²) in [6.45, 7) is 9.97. The lowest BCUT2D eigenvalue weighted by molar-refractivity contribution is 0.231. The number of halogens is 1. The first-order valence-corrected chi connectivity index (χ1v) is 10.2. The van der Waals surface area contributed by atoms with Gasteiger partial charge >= 0.3 is 0 Å². The van der Waals surface area contributed by atoms with Gasteiger partial charge in [0, 0.05) is 56.2 Å². The van der Waals surface area contributed by atoms with Crippen LogP contribution in [-0.4, -0.2) is 52.6 Å². The van der Waals surface area contributed by atoms with Gasteiger partial charge in [0.05, 0.1) is 10.7 Å². The molecule has 0 radical (unpaired) electrons. The standard InChI is InChI=1S/C22H26ClN5/c1-16(2)15-27-9-11-28(12-10-27)21-8-7-17(13-24-21)22-25-14-20(26-22)18-5-3-4-6-19(18)23/h3-8,13-14,16H,9-12,15H2,1-2H3,(H,25,26). The molecule has 1 aliphatic heterocycles. The zero-order valence-electron chi connectivity index (χ0n) is 16.4. The maximum Gasteiger partial charge on any atom is 0.139 e. The second-order valence-electron chi connectivity index (χ2n) is 7.70. The molecule has 5 nitrogen and oxygen atoms in total. The molecule has 1 N–H and O–H groups in total. The Kier molecular flexibility index (Phi) is 5.64. The molecular weight excluding hydrogens is 370 g/mol. The monoisotopic (exact) mass is 395 g/mol. The second kappa shape index (κ2) is 8.33. The lowest BCUT2D eigenvalue weighted by atomic mass is 10.2. The minimum atomic E-state index is 0.700. The number of nitrogens with zero attached hydrogens (tertiary/aromatic N) is 4. The van der Waals surface area contributed by atoms with Crippen molar-refractivity contribution in [3.63, 3.8) is 0 Å². The van der Waals surface area contributed by atoms with Crippen LogP contribution in [0, 0.1) is 5.92 Å². The number of pyridine rings is 1. The average molecular weight is 396 g/mol. The zero-order chi connectivity index (χ0) is 19.5. The molecule has 28 heavy (non-hydrogen) atoms. The van der Waals surface area contributed by atoms with E-state index in [4.69, 9.17) is 16.6 Å². The van der Waals surface area contributed by atoms with Crippen molar-refractivity contribution < 1.29 is 0 Å². The Morgan fingerprint density at radius 1 is 1.07 bits per heavy atom. The van der Waals surface area contributed by atoms with Gasteiger partial charge in [-0.05, 0) is 24.1 Å². The Hall–Kier alpha value is -2.37. The minimum absolute atomic E-state index is 0.700. The van der Waals surface area contributed by atoms with Crippen molar-refractivity contribution in [3.05, 3.63) is 53.8 Å². The van der Waals surface area contributed by atoms with Gasteiger partial charge in [-0.15, -0.1) is 0 Å². The van der Waals surface area contributed by atoms with E-state index in [0.29, 0.717) is 10.9 Å². The quantitative estimate of drug-likeness (QED) is 0.687. The summed E-state index contributed by atoms with van der Waals surface area (Å²) >= 11 is 6.28. The molecule has 6 heteroatoms. The molecule has 0 bridgehead atoms. The molecular formula is C22H26ClN5. The van der Waals surface area contributed by atoms with E-state index in [2.05, 4.69) is 45.7 Å². The van der Waals surface area contributed by atoms with Crippen molar-refractivity contribution >= 4 is 17.4 Å². The normalized spacial score (nSPS) is 15.4. The van der Waals surface area contributed by atoms with E-state index in [1.165, 1.54) is 6.54 Å². The third-order valence-electron chi connectivity index (χ3n) is 5.07. The molecule has 1 aromatic carbocycles. The Bertz CT molecular complexity index is 911. The number of hydrogen-bond acceptors (Lipinski definition) is 4. The van der Waals surface area contributed by atoms with Crippen molar-refractivity contribution in [2.75, 3.05) is 37.6 Å². The van der Waals surface area contributed by atoms with Crippen LogP contribution >= 0.6 is 11.6 Å². The van der Waals surface area contributed by atoms with Gasteiger partial charge in [0.2, 0.25) is 0 Å². The first-order chi connectivity index (χ1) is 13.6. The number of nitrogens with one attached hydrogen (secondary N) is 1. The van der Waals surface area contributed by atoms with Crippen LogP contribution in [0.15, 0.2) is 48.8 Å². The summed E-state index contributed by atoms with van der Waals surface area (Å²) in [4.78, 5) is 17.5. The Morgan fingerprint density at radius 3 is 2.54 bits per heavy atom. The van der Waals surface area contributed by atoms with Gasteiger partial charge in [0.25, 0.3) is 0 Å². The number of aromatic nitrogens is 3. The van der Waals surface area contributed by atoms with Crippen molar-refractivity contribution in [3.8, 4) is 22.6 Å². The summed E-state index contributed by atoms with van der Waals surface area (Å²) in [7, 11) is 0. The molecule has 0 aliphatic carbocycles. The summed E-state index contributed by atoms with van der Waals surface area (Å²) in [5, 5.41) is 0.700. The lowest BCUT2D eigenvalue weighted by Crippen LogP contribution is -2.47. The molecule has 0 spiro atoms. The largest absolute Gasteiger partial charge is 0.354 e. The SMILES string of the molecule is CC(C)CN1CCN(c2ccc(-c3nc(-c4ccccc4Cl)c[nH]3)cn2)CC1. The highest BCUT2D eigenvalue weighted by Crippen LogP contribution is 2.28. The van der Waals surface area contributed by atoms with Gasteiger partial charge in [-0.3, -0.25) is 4.90 Å². The summed E-state index contributed by atoms with van der Waals surface area (Å²) in [5.41, 5.74) is 2.74. The fraction of sp³-hybridized carbons (Fsp3) is 0.364. The maximum absolute atomic E-state index is 6.28. The third-order valence-corrected chi connectivity index (χ3v) is 5.40. The van der Waals surface area contributed by atoms with E-state index in [1.54, 1.807) is 0 Å². The van der Waals surface area contributed by atoms with Crippen LogP contribution in [0.5, 0.6) is 0 Å². The highest BCUT2D eigenvalue weighted by molar-refractivity contribution is 6.33. The molecule has 0 unspecified atom stereocenters. The minimum Gasteiger partial charge on any atom is -0.354 e. The first-order valence-electron chi connectivity index (χ1n) is 9.84. The van der Waals surface area contributed by atoms with Crippen LogP contribution in [0.25, 0.3) is 22.6 Å². The molecule has 1 fully saturated rings. The van der Waals surface area contributed by atoms with Crippen LogP contribution in [0.1, 0.15) is 13.8 Å². The predicted molar refractivity (Wildman–Crippen MR) is 116 cm³/mol. The van der Waals surface area contributed by atoms with E-state index in [1.807, 2.05) is 36.7 Å². The zero-order valence-corrected chi connectivity index (χ0v) is 17.2. The summed E-state index contributed by atoms with van der Waals surface area (Å²) in [6, 6.07) is 11.9. The number of benzene rings is 1.